The molecule has 2 aromatic rings. The molecule has 0 fully saturated rings. The monoisotopic (exact) mass is 281 g/mol. The minimum absolute atomic E-state index is 0.367. The fraction of sp³-hybridized carbons (Fsp3) is 0.333. The van der Waals surface area contributed by atoms with E-state index in [-0.39, 0.29) is 0 Å². The Bertz CT molecular complexity index is 609. The van der Waals surface area contributed by atoms with Crippen LogP contribution in [-0.4, -0.2) is 20.2 Å². The van der Waals surface area contributed by atoms with Crippen LogP contribution in [0.15, 0.2) is 24.3 Å². The van der Waals surface area contributed by atoms with E-state index in [1.165, 1.54) is 16.8 Å². The van der Waals surface area contributed by atoms with Crippen LogP contribution in [0.5, 0.6) is 0 Å². The molecule has 0 N–H and O–H groups in total. The smallest absolute Gasteiger partial charge is 0.225 e. The van der Waals surface area contributed by atoms with E-state index in [1.807, 2.05) is 6.07 Å². The van der Waals surface area contributed by atoms with Crippen LogP contribution in [-0.2, 0) is 12.7 Å². The molecule has 0 atom stereocenters. The van der Waals surface area contributed by atoms with Gasteiger partial charge in [0.05, 0.1) is 11.6 Å². The molecule has 5 nitrogen and oxygen atoms in total. The van der Waals surface area contributed by atoms with Gasteiger partial charge < -0.3 is 0 Å². The number of unbranched alkanes of at least 4 members (excludes halogenated alkanes) is 1. The number of rotatable bonds is 4. The molecule has 1 heterocycles. The summed E-state index contributed by atoms with van der Waals surface area (Å²) in [6.07, 6.45) is -3.42. The van der Waals surface area contributed by atoms with E-state index < -0.39 is 11.7 Å². The molecule has 0 bridgehead atoms. The molecule has 0 saturated heterocycles. The number of hydrogen-bond acceptors (Lipinski definition) is 4. The van der Waals surface area contributed by atoms with Crippen molar-refractivity contribution >= 4 is 0 Å². The van der Waals surface area contributed by atoms with Crippen molar-refractivity contribution < 1.29 is 13.2 Å². The van der Waals surface area contributed by atoms with Crippen molar-refractivity contribution in [3.63, 3.8) is 0 Å². The summed E-state index contributed by atoms with van der Waals surface area (Å²) in [6, 6.07) is 6.64. The Morgan fingerprint density at radius 2 is 1.90 bits per heavy atom. The molecule has 1 aromatic carbocycles. The van der Waals surface area contributed by atoms with Crippen LogP contribution in [0.1, 0.15) is 18.4 Å². The summed E-state index contributed by atoms with van der Waals surface area (Å²) < 4.78 is 38.9. The quantitative estimate of drug-likeness (QED) is 0.808. The summed E-state index contributed by atoms with van der Waals surface area (Å²) in [7, 11) is 0. The molecule has 8 heteroatoms. The summed E-state index contributed by atoms with van der Waals surface area (Å²) in [5.41, 5.74) is -0.218. The Morgan fingerprint density at radius 1 is 1.20 bits per heavy atom. The second-order valence-corrected chi connectivity index (χ2v) is 4.06. The lowest BCUT2D eigenvalue weighted by atomic mass is 10.1. The maximum absolute atomic E-state index is 12.5. The fourth-order valence-electron chi connectivity index (χ4n) is 1.68. The number of nitrogens with zero attached hydrogens (tertiary/aromatic N) is 5. The molecule has 0 spiro atoms. The van der Waals surface area contributed by atoms with E-state index in [1.54, 1.807) is 0 Å². The highest BCUT2D eigenvalue weighted by Crippen LogP contribution is 2.30. The van der Waals surface area contributed by atoms with Gasteiger partial charge in [0.2, 0.25) is 0 Å². The lowest BCUT2D eigenvalue weighted by Crippen LogP contribution is -2.05. The third kappa shape index (κ3) is 3.12. The van der Waals surface area contributed by atoms with Crippen molar-refractivity contribution in [3.8, 4) is 17.5 Å². The van der Waals surface area contributed by atoms with Gasteiger partial charge in [-0.2, -0.15) is 18.4 Å². The van der Waals surface area contributed by atoms with Gasteiger partial charge in [0.1, 0.15) is 0 Å². The van der Waals surface area contributed by atoms with E-state index in [9.17, 15) is 13.2 Å². The third-order valence-corrected chi connectivity index (χ3v) is 2.66. The Morgan fingerprint density at radius 3 is 2.50 bits per heavy atom. The molecular formula is C12H10F3N5. The summed E-state index contributed by atoms with van der Waals surface area (Å²) in [6.45, 7) is 0.441. The van der Waals surface area contributed by atoms with Crippen molar-refractivity contribution in [2.24, 2.45) is 0 Å². The number of tetrazole rings is 1. The highest BCUT2D eigenvalue weighted by Gasteiger charge is 2.30. The molecule has 0 aliphatic carbocycles. The molecular weight excluding hydrogens is 271 g/mol. The highest BCUT2D eigenvalue weighted by atomic mass is 19.4. The van der Waals surface area contributed by atoms with Crippen molar-refractivity contribution in [1.82, 2.24) is 20.2 Å². The Kier molecular flexibility index (Phi) is 3.98. The van der Waals surface area contributed by atoms with E-state index >= 15 is 0 Å². The number of hydrogen-bond donors (Lipinski definition) is 0. The Hall–Kier alpha value is -2.43. The fourth-order valence-corrected chi connectivity index (χ4v) is 1.68. The van der Waals surface area contributed by atoms with Gasteiger partial charge >= 0.3 is 6.18 Å². The topological polar surface area (TPSA) is 67.4 Å². The summed E-state index contributed by atoms with van der Waals surface area (Å²) in [4.78, 5) is 0. The molecule has 0 aliphatic heterocycles. The first-order valence-corrected chi connectivity index (χ1v) is 5.83. The van der Waals surface area contributed by atoms with Crippen molar-refractivity contribution in [3.05, 3.63) is 29.8 Å². The van der Waals surface area contributed by atoms with Crippen LogP contribution < -0.4 is 0 Å². The van der Waals surface area contributed by atoms with Gasteiger partial charge in [0, 0.05) is 18.5 Å². The Balaban J connectivity index is 2.20. The van der Waals surface area contributed by atoms with Gasteiger partial charge in [-0.15, -0.1) is 5.10 Å². The minimum atomic E-state index is -4.36. The number of aryl methyl sites for hydroxylation is 1. The summed E-state index contributed by atoms with van der Waals surface area (Å²) in [5, 5.41) is 19.5. The largest absolute Gasteiger partial charge is 0.416 e. The molecule has 20 heavy (non-hydrogen) atoms. The van der Waals surface area contributed by atoms with E-state index in [2.05, 4.69) is 15.5 Å². The lowest BCUT2D eigenvalue weighted by molar-refractivity contribution is -0.137. The number of alkyl halides is 3. The molecule has 0 radical (unpaired) electrons. The minimum Gasteiger partial charge on any atom is -0.225 e. The second-order valence-electron chi connectivity index (χ2n) is 4.06. The maximum atomic E-state index is 12.5. The molecule has 0 aliphatic rings. The summed E-state index contributed by atoms with van der Waals surface area (Å²) in [5.74, 6) is 0.386. The van der Waals surface area contributed by atoms with Gasteiger partial charge in [0.15, 0.2) is 5.82 Å². The molecule has 0 unspecified atom stereocenters. The SMILES string of the molecule is N#CCCCn1nnnc1-c1ccc(C(F)(F)F)cc1. The van der Waals surface area contributed by atoms with Crippen molar-refractivity contribution in [1.29, 1.82) is 5.26 Å². The molecule has 0 saturated carbocycles. The average molecular weight is 281 g/mol. The van der Waals surface area contributed by atoms with E-state index in [0.717, 1.165) is 12.1 Å². The Labute approximate surface area is 112 Å². The molecule has 0 amide bonds. The van der Waals surface area contributed by atoms with Gasteiger partial charge in [0.25, 0.3) is 0 Å². The van der Waals surface area contributed by atoms with Gasteiger partial charge in [-0.3, -0.25) is 0 Å². The third-order valence-electron chi connectivity index (χ3n) is 2.66. The predicted octanol–water partition coefficient (Wildman–Crippen LogP) is 2.66. The maximum Gasteiger partial charge on any atom is 0.416 e. The van der Waals surface area contributed by atoms with Crippen LogP contribution >= 0.6 is 0 Å². The first-order chi connectivity index (χ1) is 9.52. The zero-order valence-corrected chi connectivity index (χ0v) is 10.3. The number of benzene rings is 1. The lowest BCUT2D eigenvalue weighted by Gasteiger charge is -2.07. The van der Waals surface area contributed by atoms with Gasteiger partial charge in [-0.05, 0) is 29.0 Å². The van der Waals surface area contributed by atoms with Crippen LogP contribution in [0.2, 0.25) is 0 Å². The standard InChI is InChI=1S/C12H10F3N5/c13-12(14,15)10-5-3-9(4-6-10)11-17-18-19-20(11)8-2-1-7-16/h3-6H,1-2,8H2. The normalized spacial score (nSPS) is 11.3. The summed E-state index contributed by atoms with van der Waals surface area (Å²) >= 11 is 0. The van der Waals surface area contributed by atoms with Gasteiger partial charge in [-0.1, -0.05) is 12.1 Å². The average Bonchev–Trinajstić information content (AvgIpc) is 2.87. The second kappa shape index (κ2) is 5.69. The number of nitriles is 1. The van der Waals surface area contributed by atoms with E-state index in [4.69, 9.17) is 5.26 Å². The molecule has 2 rings (SSSR count). The van der Waals surface area contributed by atoms with Crippen LogP contribution in [0.3, 0.4) is 0 Å². The van der Waals surface area contributed by atoms with Crippen molar-refractivity contribution in [2.75, 3.05) is 0 Å². The highest BCUT2D eigenvalue weighted by molar-refractivity contribution is 5.55. The predicted molar refractivity (Wildman–Crippen MR) is 63.1 cm³/mol. The van der Waals surface area contributed by atoms with Crippen LogP contribution in [0, 0.1) is 11.3 Å². The number of aromatic nitrogens is 4. The first kappa shape index (κ1) is 14.0. The van der Waals surface area contributed by atoms with Crippen molar-refractivity contribution in [2.45, 2.75) is 25.6 Å². The number of halogens is 3. The van der Waals surface area contributed by atoms with Gasteiger partial charge in [-0.25, -0.2) is 4.68 Å². The first-order valence-electron chi connectivity index (χ1n) is 5.83. The zero-order chi connectivity index (χ0) is 14.6. The molecule has 104 valence electrons. The van der Waals surface area contributed by atoms with Crippen LogP contribution in [0.25, 0.3) is 11.4 Å². The van der Waals surface area contributed by atoms with E-state index in [0.29, 0.717) is 30.8 Å². The molecule has 1 aromatic heterocycles. The zero-order valence-electron chi connectivity index (χ0n) is 10.3. The van der Waals surface area contributed by atoms with Crippen LogP contribution in [0.4, 0.5) is 13.2 Å².